The predicted molar refractivity (Wildman–Crippen MR) is 119 cm³/mol. The van der Waals surface area contributed by atoms with Gasteiger partial charge in [0.2, 0.25) is 0 Å². The van der Waals surface area contributed by atoms with Gasteiger partial charge in [-0.25, -0.2) is 4.99 Å². The smallest absolute Gasteiger partial charge is 0.264 e. The Morgan fingerprint density at radius 1 is 1.03 bits per heavy atom. The molecule has 0 bridgehead atoms. The second kappa shape index (κ2) is 8.41. The predicted octanol–water partition coefficient (Wildman–Crippen LogP) is 5.14. The van der Waals surface area contributed by atoms with Crippen molar-refractivity contribution in [2.24, 2.45) is 4.99 Å². The van der Waals surface area contributed by atoms with Crippen LogP contribution in [0.4, 0.5) is 5.69 Å². The number of methoxy groups -OCH3 is 1. The van der Waals surface area contributed by atoms with Gasteiger partial charge in [-0.2, -0.15) is 0 Å². The fourth-order valence-electron chi connectivity index (χ4n) is 3.10. The highest BCUT2D eigenvalue weighted by Crippen LogP contribution is 2.33. The number of ether oxygens (including phenoxy) is 2. The Kier molecular flexibility index (Phi) is 5.53. The quantitative estimate of drug-likeness (QED) is 0.598. The van der Waals surface area contributed by atoms with E-state index in [1.54, 1.807) is 7.11 Å². The number of fused-ring (bicyclic) bond motifs is 1. The average molecular weight is 404 g/mol. The number of thioether (sulfide) groups is 1. The lowest BCUT2D eigenvalue weighted by Crippen LogP contribution is -2.19. The molecule has 1 heterocycles. The van der Waals surface area contributed by atoms with Crippen LogP contribution in [0.15, 0.2) is 70.6 Å². The summed E-state index contributed by atoms with van der Waals surface area (Å²) in [5, 5.41) is 5.46. The van der Waals surface area contributed by atoms with Crippen LogP contribution in [0, 0.1) is 0 Å². The SMILES string of the molecule is CCOc1ccc(/C=C2/SC(=Nc3ccc(OC)cc3)NC2=O)c2ccccc12. The monoisotopic (exact) mass is 404 g/mol. The van der Waals surface area contributed by atoms with Gasteiger partial charge < -0.3 is 14.8 Å². The number of carbonyl (C=O) groups is 1. The highest BCUT2D eigenvalue weighted by atomic mass is 32.2. The van der Waals surface area contributed by atoms with Gasteiger partial charge in [0.15, 0.2) is 5.17 Å². The maximum absolute atomic E-state index is 12.5. The average Bonchev–Trinajstić information content (AvgIpc) is 3.09. The first-order valence-corrected chi connectivity index (χ1v) is 10.1. The summed E-state index contributed by atoms with van der Waals surface area (Å²) in [4.78, 5) is 17.6. The Balaban J connectivity index is 1.64. The van der Waals surface area contributed by atoms with Gasteiger partial charge in [0.25, 0.3) is 5.91 Å². The highest BCUT2D eigenvalue weighted by Gasteiger charge is 2.24. The topological polar surface area (TPSA) is 59.9 Å². The first-order chi connectivity index (χ1) is 14.2. The van der Waals surface area contributed by atoms with E-state index in [2.05, 4.69) is 10.3 Å². The van der Waals surface area contributed by atoms with Crippen molar-refractivity contribution in [3.05, 3.63) is 71.1 Å². The second-order valence-corrected chi connectivity index (χ2v) is 7.34. The minimum atomic E-state index is -0.153. The largest absolute Gasteiger partial charge is 0.497 e. The number of amidine groups is 1. The number of hydrogen-bond donors (Lipinski definition) is 1. The lowest BCUT2D eigenvalue weighted by molar-refractivity contribution is -0.115. The molecular formula is C23H20N2O3S. The molecule has 3 aromatic carbocycles. The number of amides is 1. The Hall–Kier alpha value is -3.25. The van der Waals surface area contributed by atoms with E-state index < -0.39 is 0 Å². The van der Waals surface area contributed by atoms with E-state index in [1.807, 2.05) is 73.7 Å². The van der Waals surface area contributed by atoms with Gasteiger partial charge in [-0.3, -0.25) is 4.79 Å². The van der Waals surface area contributed by atoms with Crippen LogP contribution in [0.3, 0.4) is 0 Å². The van der Waals surface area contributed by atoms with Crippen LogP contribution in [0.25, 0.3) is 16.8 Å². The molecule has 1 fully saturated rings. The molecule has 0 atom stereocenters. The Morgan fingerprint density at radius 2 is 1.79 bits per heavy atom. The summed E-state index contributed by atoms with van der Waals surface area (Å²) in [7, 11) is 1.62. The van der Waals surface area contributed by atoms with Crippen LogP contribution in [-0.2, 0) is 4.79 Å². The van der Waals surface area contributed by atoms with E-state index in [9.17, 15) is 4.79 Å². The fourth-order valence-corrected chi connectivity index (χ4v) is 3.93. The van der Waals surface area contributed by atoms with Crippen LogP contribution in [0.5, 0.6) is 11.5 Å². The number of hydrogen-bond acceptors (Lipinski definition) is 5. The van der Waals surface area contributed by atoms with Crippen molar-refractivity contribution < 1.29 is 14.3 Å². The molecule has 1 aliphatic rings. The van der Waals surface area contributed by atoms with Crippen molar-refractivity contribution in [3.63, 3.8) is 0 Å². The normalized spacial score (nSPS) is 16.4. The van der Waals surface area contributed by atoms with Crippen molar-refractivity contribution >= 4 is 45.4 Å². The van der Waals surface area contributed by atoms with Gasteiger partial charge in [0, 0.05) is 5.39 Å². The van der Waals surface area contributed by atoms with Crippen LogP contribution < -0.4 is 14.8 Å². The van der Waals surface area contributed by atoms with E-state index in [4.69, 9.17) is 9.47 Å². The van der Waals surface area contributed by atoms with E-state index >= 15 is 0 Å². The maximum atomic E-state index is 12.5. The molecule has 1 aliphatic heterocycles. The van der Waals surface area contributed by atoms with Crippen LogP contribution in [0.2, 0.25) is 0 Å². The van der Waals surface area contributed by atoms with E-state index in [0.717, 1.165) is 33.5 Å². The molecule has 0 spiro atoms. The molecule has 1 saturated heterocycles. The van der Waals surface area contributed by atoms with Gasteiger partial charge in [-0.1, -0.05) is 30.3 Å². The lowest BCUT2D eigenvalue weighted by Gasteiger charge is -2.09. The van der Waals surface area contributed by atoms with Gasteiger partial charge in [-0.15, -0.1) is 0 Å². The summed E-state index contributed by atoms with van der Waals surface area (Å²) in [5.74, 6) is 1.45. The summed E-state index contributed by atoms with van der Waals surface area (Å²) in [6, 6.07) is 19.3. The van der Waals surface area contributed by atoms with E-state index in [1.165, 1.54) is 11.8 Å². The summed E-state index contributed by atoms with van der Waals surface area (Å²) in [6.07, 6.45) is 1.90. The van der Waals surface area contributed by atoms with E-state index in [-0.39, 0.29) is 5.91 Å². The summed E-state index contributed by atoms with van der Waals surface area (Å²) in [6.45, 7) is 2.57. The summed E-state index contributed by atoms with van der Waals surface area (Å²) < 4.78 is 10.9. The molecule has 0 unspecified atom stereocenters. The zero-order chi connectivity index (χ0) is 20.2. The fraction of sp³-hybridized carbons (Fsp3) is 0.130. The number of nitrogens with zero attached hydrogens (tertiary/aromatic N) is 1. The highest BCUT2D eigenvalue weighted by molar-refractivity contribution is 8.18. The Bertz CT molecular complexity index is 1120. The number of benzene rings is 3. The van der Waals surface area contributed by atoms with Crippen molar-refractivity contribution in [2.45, 2.75) is 6.92 Å². The molecule has 4 rings (SSSR count). The second-order valence-electron chi connectivity index (χ2n) is 6.31. The van der Waals surface area contributed by atoms with Crippen LogP contribution in [-0.4, -0.2) is 24.8 Å². The molecule has 5 nitrogen and oxygen atoms in total. The lowest BCUT2D eigenvalue weighted by atomic mass is 10.0. The number of aliphatic imine (C=N–C) groups is 1. The maximum Gasteiger partial charge on any atom is 0.264 e. The van der Waals surface area contributed by atoms with Gasteiger partial charge >= 0.3 is 0 Å². The third-order valence-corrected chi connectivity index (χ3v) is 5.37. The zero-order valence-corrected chi connectivity index (χ0v) is 17.0. The van der Waals surface area contributed by atoms with Crippen LogP contribution in [0.1, 0.15) is 12.5 Å². The Labute approximate surface area is 173 Å². The molecular weight excluding hydrogens is 384 g/mol. The van der Waals surface area contributed by atoms with E-state index in [0.29, 0.717) is 16.7 Å². The van der Waals surface area contributed by atoms with Gasteiger partial charge in [0.05, 0.1) is 24.3 Å². The zero-order valence-electron chi connectivity index (χ0n) is 16.1. The molecule has 3 aromatic rings. The summed E-state index contributed by atoms with van der Waals surface area (Å²) in [5.41, 5.74) is 1.72. The van der Waals surface area contributed by atoms with Gasteiger partial charge in [0.1, 0.15) is 11.5 Å². The molecule has 146 valence electrons. The molecule has 0 saturated carbocycles. The van der Waals surface area contributed by atoms with Crippen molar-refractivity contribution in [3.8, 4) is 11.5 Å². The molecule has 0 aliphatic carbocycles. The molecule has 1 amide bonds. The third-order valence-electron chi connectivity index (χ3n) is 4.46. The van der Waals surface area contributed by atoms with Crippen LogP contribution >= 0.6 is 11.8 Å². The molecule has 29 heavy (non-hydrogen) atoms. The van der Waals surface area contributed by atoms with Crippen molar-refractivity contribution in [1.29, 1.82) is 0 Å². The molecule has 0 radical (unpaired) electrons. The number of nitrogens with one attached hydrogen (secondary N) is 1. The standard InChI is InChI=1S/C23H20N2O3S/c1-3-28-20-13-8-15(18-6-4-5-7-19(18)20)14-21-22(26)25-23(29-21)24-16-9-11-17(27-2)12-10-16/h4-14H,3H2,1-2H3,(H,24,25,26)/b21-14+. The van der Waals surface area contributed by atoms with Gasteiger partial charge in [-0.05, 0) is 66.0 Å². The number of rotatable bonds is 5. The first-order valence-electron chi connectivity index (χ1n) is 9.26. The number of carbonyl (C=O) groups excluding carboxylic acids is 1. The molecule has 6 heteroatoms. The minimum Gasteiger partial charge on any atom is -0.497 e. The molecule has 0 aromatic heterocycles. The summed E-state index contributed by atoms with van der Waals surface area (Å²) >= 11 is 1.33. The Morgan fingerprint density at radius 3 is 2.52 bits per heavy atom. The first kappa shape index (κ1) is 19.1. The van der Waals surface area contributed by atoms with Crippen molar-refractivity contribution in [1.82, 2.24) is 5.32 Å². The van der Waals surface area contributed by atoms with Crippen molar-refractivity contribution in [2.75, 3.05) is 13.7 Å². The third kappa shape index (κ3) is 4.12. The molecule has 1 N–H and O–H groups in total. The minimum absolute atomic E-state index is 0.153.